The molecule has 0 aromatic heterocycles. The molecule has 0 unspecified atom stereocenters. The Bertz CT molecular complexity index is 680. The van der Waals surface area contributed by atoms with Crippen LogP contribution in [-0.4, -0.2) is 40.9 Å². The highest BCUT2D eigenvalue weighted by Gasteiger charge is 2.22. The van der Waals surface area contributed by atoms with Gasteiger partial charge in [0.1, 0.15) is 0 Å². The predicted octanol–water partition coefficient (Wildman–Crippen LogP) is 3.69. The van der Waals surface area contributed by atoms with Gasteiger partial charge in [0, 0.05) is 31.3 Å². The van der Waals surface area contributed by atoms with E-state index < -0.39 is 0 Å². The summed E-state index contributed by atoms with van der Waals surface area (Å²) < 4.78 is 0. The topological polar surface area (TPSA) is 49.6 Å². The number of nitro benzene ring substituents is 1. The van der Waals surface area contributed by atoms with Gasteiger partial charge in [0.15, 0.2) is 0 Å². The lowest BCUT2D eigenvalue weighted by Crippen LogP contribution is -2.42. The molecule has 0 amide bonds. The number of hydrogen-bond acceptors (Lipinski definition) is 4. The summed E-state index contributed by atoms with van der Waals surface area (Å²) in [5.74, 6) is 0. The Kier molecular flexibility index (Phi) is 5.79. The van der Waals surface area contributed by atoms with Crippen molar-refractivity contribution in [2.75, 3.05) is 20.1 Å². The molecule has 1 aliphatic heterocycles. The maximum Gasteiger partial charge on any atom is 0.269 e. The van der Waals surface area contributed by atoms with E-state index in [9.17, 15) is 10.1 Å². The van der Waals surface area contributed by atoms with Crippen molar-refractivity contribution in [1.29, 1.82) is 0 Å². The first-order valence-electron chi connectivity index (χ1n) is 8.81. The smallest absolute Gasteiger partial charge is 0.269 e. The number of piperidine rings is 1. The molecule has 1 saturated heterocycles. The number of benzene rings is 2. The van der Waals surface area contributed by atoms with Gasteiger partial charge in [-0.1, -0.05) is 42.5 Å². The Hall–Kier alpha value is -2.24. The molecular formula is C20H25N3O2. The lowest BCUT2D eigenvalue weighted by atomic mass is 10.0. The molecule has 2 aromatic rings. The van der Waals surface area contributed by atoms with Crippen LogP contribution in [0.4, 0.5) is 5.69 Å². The Morgan fingerprint density at radius 1 is 1.04 bits per heavy atom. The van der Waals surface area contributed by atoms with Gasteiger partial charge in [-0.3, -0.25) is 19.9 Å². The zero-order valence-electron chi connectivity index (χ0n) is 14.7. The number of hydrogen-bond donors (Lipinski definition) is 0. The van der Waals surface area contributed by atoms with E-state index in [-0.39, 0.29) is 10.6 Å². The van der Waals surface area contributed by atoms with E-state index in [4.69, 9.17) is 0 Å². The van der Waals surface area contributed by atoms with Crippen LogP contribution in [0.15, 0.2) is 54.6 Å². The fraction of sp³-hybridized carbons (Fsp3) is 0.400. The highest BCUT2D eigenvalue weighted by molar-refractivity contribution is 5.32. The van der Waals surface area contributed by atoms with Crippen LogP contribution in [0.1, 0.15) is 24.0 Å². The Labute approximate surface area is 149 Å². The van der Waals surface area contributed by atoms with Crippen LogP contribution in [0.5, 0.6) is 0 Å². The summed E-state index contributed by atoms with van der Waals surface area (Å²) in [6, 6.07) is 18.1. The molecule has 0 atom stereocenters. The molecule has 1 fully saturated rings. The average molecular weight is 339 g/mol. The van der Waals surface area contributed by atoms with Crippen LogP contribution in [0.2, 0.25) is 0 Å². The molecule has 0 N–H and O–H groups in total. The molecule has 132 valence electrons. The zero-order chi connectivity index (χ0) is 17.6. The van der Waals surface area contributed by atoms with Gasteiger partial charge in [-0.05, 0) is 44.1 Å². The Morgan fingerprint density at radius 3 is 2.28 bits per heavy atom. The zero-order valence-corrected chi connectivity index (χ0v) is 14.7. The minimum Gasteiger partial charge on any atom is -0.299 e. The van der Waals surface area contributed by atoms with Crippen LogP contribution < -0.4 is 0 Å². The molecule has 3 rings (SSSR count). The third-order valence-corrected chi connectivity index (χ3v) is 5.01. The summed E-state index contributed by atoms with van der Waals surface area (Å²) in [4.78, 5) is 15.3. The predicted molar refractivity (Wildman–Crippen MR) is 99.3 cm³/mol. The second kappa shape index (κ2) is 8.23. The van der Waals surface area contributed by atoms with Crippen LogP contribution in [0.3, 0.4) is 0 Å². The van der Waals surface area contributed by atoms with Crippen LogP contribution >= 0.6 is 0 Å². The highest BCUT2D eigenvalue weighted by atomic mass is 16.6. The molecule has 0 aliphatic carbocycles. The highest BCUT2D eigenvalue weighted by Crippen LogP contribution is 2.20. The molecule has 0 spiro atoms. The number of nitro groups is 1. The van der Waals surface area contributed by atoms with Crippen molar-refractivity contribution < 1.29 is 4.92 Å². The lowest BCUT2D eigenvalue weighted by Gasteiger charge is -2.36. The monoisotopic (exact) mass is 339 g/mol. The Balaban J connectivity index is 1.47. The van der Waals surface area contributed by atoms with Crippen molar-refractivity contribution in [3.63, 3.8) is 0 Å². The van der Waals surface area contributed by atoms with Crippen LogP contribution in [0, 0.1) is 10.1 Å². The van der Waals surface area contributed by atoms with Crippen molar-refractivity contribution in [3.05, 3.63) is 75.8 Å². The van der Waals surface area contributed by atoms with Gasteiger partial charge in [0.25, 0.3) is 5.69 Å². The van der Waals surface area contributed by atoms with Crippen LogP contribution in [-0.2, 0) is 13.1 Å². The van der Waals surface area contributed by atoms with Crippen molar-refractivity contribution in [2.24, 2.45) is 0 Å². The molecular weight excluding hydrogens is 314 g/mol. The van der Waals surface area contributed by atoms with E-state index in [0.717, 1.165) is 44.6 Å². The first-order valence-corrected chi connectivity index (χ1v) is 8.81. The molecule has 0 bridgehead atoms. The van der Waals surface area contributed by atoms with Gasteiger partial charge >= 0.3 is 0 Å². The van der Waals surface area contributed by atoms with Gasteiger partial charge in [-0.25, -0.2) is 0 Å². The van der Waals surface area contributed by atoms with E-state index >= 15 is 0 Å². The van der Waals surface area contributed by atoms with Crippen molar-refractivity contribution >= 4 is 5.69 Å². The van der Waals surface area contributed by atoms with Crippen LogP contribution in [0.25, 0.3) is 0 Å². The molecule has 5 heteroatoms. The minimum atomic E-state index is -0.349. The molecule has 2 aromatic carbocycles. The van der Waals surface area contributed by atoms with Gasteiger partial charge < -0.3 is 0 Å². The summed E-state index contributed by atoms with van der Waals surface area (Å²) in [6.45, 7) is 4.00. The first-order chi connectivity index (χ1) is 12.1. The van der Waals surface area contributed by atoms with E-state index in [1.165, 1.54) is 5.56 Å². The minimum absolute atomic E-state index is 0.157. The summed E-state index contributed by atoms with van der Waals surface area (Å²) in [5.41, 5.74) is 2.66. The van der Waals surface area contributed by atoms with Gasteiger partial charge in [-0.15, -0.1) is 0 Å². The van der Waals surface area contributed by atoms with E-state index in [0.29, 0.717) is 6.04 Å². The van der Waals surface area contributed by atoms with Crippen molar-refractivity contribution in [1.82, 2.24) is 9.80 Å². The third kappa shape index (κ3) is 4.87. The standard InChI is InChI=1S/C20H25N3O2/c1-21(15-17-5-3-2-4-6-17)19-11-13-22(14-12-19)16-18-7-9-20(10-8-18)23(24)25/h2-10,19H,11-16H2,1H3. The van der Waals surface area contributed by atoms with E-state index in [1.807, 2.05) is 12.1 Å². The summed E-state index contributed by atoms with van der Waals surface area (Å²) in [5, 5.41) is 10.7. The lowest BCUT2D eigenvalue weighted by molar-refractivity contribution is -0.384. The fourth-order valence-corrected chi connectivity index (χ4v) is 3.50. The average Bonchev–Trinajstić information content (AvgIpc) is 2.63. The van der Waals surface area contributed by atoms with Gasteiger partial charge in [-0.2, -0.15) is 0 Å². The SMILES string of the molecule is CN(Cc1ccccc1)C1CCN(Cc2ccc([N+](=O)[O-])cc2)CC1. The Morgan fingerprint density at radius 2 is 1.68 bits per heavy atom. The van der Waals surface area contributed by atoms with Crippen molar-refractivity contribution in [3.8, 4) is 0 Å². The largest absolute Gasteiger partial charge is 0.299 e. The maximum absolute atomic E-state index is 10.7. The summed E-state index contributed by atoms with van der Waals surface area (Å²) in [7, 11) is 2.21. The van der Waals surface area contributed by atoms with Gasteiger partial charge in [0.2, 0.25) is 0 Å². The molecule has 0 saturated carbocycles. The number of nitrogens with zero attached hydrogens (tertiary/aromatic N) is 3. The molecule has 1 aliphatic rings. The fourth-order valence-electron chi connectivity index (χ4n) is 3.50. The second-order valence-corrected chi connectivity index (χ2v) is 6.83. The van der Waals surface area contributed by atoms with Gasteiger partial charge in [0.05, 0.1) is 4.92 Å². The number of rotatable bonds is 6. The van der Waals surface area contributed by atoms with Crippen molar-refractivity contribution in [2.45, 2.75) is 32.0 Å². The van der Waals surface area contributed by atoms with E-state index in [2.05, 4.69) is 47.2 Å². The summed E-state index contributed by atoms with van der Waals surface area (Å²) >= 11 is 0. The van der Waals surface area contributed by atoms with E-state index in [1.54, 1.807) is 12.1 Å². The first kappa shape index (κ1) is 17.6. The molecule has 25 heavy (non-hydrogen) atoms. The molecule has 5 nitrogen and oxygen atoms in total. The maximum atomic E-state index is 10.7. The number of non-ortho nitro benzene ring substituents is 1. The molecule has 1 heterocycles. The normalized spacial score (nSPS) is 16.2. The third-order valence-electron chi connectivity index (χ3n) is 5.01. The second-order valence-electron chi connectivity index (χ2n) is 6.83. The summed E-state index contributed by atoms with van der Waals surface area (Å²) in [6.07, 6.45) is 2.33. The molecule has 0 radical (unpaired) electrons. The number of likely N-dealkylation sites (tertiary alicyclic amines) is 1. The quantitative estimate of drug-likeness (QED) is 0.595.